The number of nitrogens with one attached hydrogen (secondary N) is 2. The number of hydrogen-bond acceptors (Lipinski definition) is 4. The molecule has 0 spiro atoms. The summed E-state index contributed by atoms with van der Waals surface area (Å²) in [6.07, 6.45) is 3.94. The Labute approximate surface area is 142 Å². The molecule has 23 heavy (non-hydrogen) atoms. The van der Waals surface area contributed by atoms with Crippen LogP contribution in [0.25, 0.3) is 0 Å². The fraction of sp³-hybridized carbons (Fsp3) is 0.688. The van der Waals surface area contributed by atoms with Crippen LogP contribution in [0.4, 0.5) is 0 Å². The van der Waals surface area contributed by atoms with Crippen LogP contribution in [0.3, 0.4) is 0 Å². The van der Waals surface area contributed by atoms with Crippen LogP contribution >= 0.6 is 11.3 Å². The minimum atomic E-state index is -3.20. The standard InChI is InChI=1S/C16H26N2O3S2/c1-16(2,3)14-9-8-13(22-14)15(19)17-10-11-6-5-7-12(11)18-23(4,20)21/h8-9,11-12,18H,5-7,10H2,1-4H3,(H,17,19). The molecular weight excluding hydrogens is 332 g/mol. The zero-order chi connectivity index (χ0) is 17.3. The normalized spacial score (nSPS) is 22.3. The predicted octanol–water partition coefficient (Wildman–Crippen LogP) is 2.49. The molecule has 1 aromatic rings. The van der Waals surface area contributed by atoms with Gasteiger partial charge in [0.15, 0.2) is 0 Å². The number of hydrogen-bond donors (Lipinski definition) is 2. The van der Waals surface area contributed by atoms with Crippen molar-refractivity contribution in [2.75, 3.05) is 12.8 Å². The van der Waals surface area contributed by atoms with E-state index in [0.717, 1.165) is 19.3 Å². The maximum Gasteiger partial charge on any atom is 0.261 e. The van der Waals surface area contributed by atoms with Crippen molar-refractivity contribution < 1.29 is 13.2 Å². The summed E-state index contributed by atoms with van der Waals surface area (Å²) in [5, 5.41) is 2.96. The summed E-state index contributed by atoms with van der Waals surface area (Å²) in [7, 11) is -3.20. The summed E-state index contributed by atoms with van der Waals surface area (Å²) < 4.78 is 25.5. The van der Waals surface area contributed by atoms with Gasteiger partial charge in [-0.05, 0) is 36.3 Å². The molecule has 1 aromatic heterocycles. The lowest BCUT2D eigenvalue weighted by molar-refractivity contribution is 0.0950. The van der Waals surface area contributed by atoms with Gasteiger partial charge in [-0.3, -0.25) is 4.79 Å². The molecule has 2 unspecified atom stereocenters. The third-order valence-electron chi connectivity index (χ3n) is 4.12. The van der Waals surface area contributed by atoms with Crippen LogP contribution in [0.1, 0.15) is 54.6 Å². The maximum absolute atomic E-state index is 12.3. The van der Waals surface area contributed by atoms with Gasteiger partial charge in [0.1, 0.15) is 0 Å². The van der Waals surface area contributed by atoms with E-state index in [-0.39, 0.29) is 23.3 Å². The minimum Gasteiger partial charge on any atom is -0.351 e. The Balaban J connectivity index is 1.92. The first-order valence-electron chi connectivity index (χ1n) is 7.92. The molecule has 1 heterocycles. The number of amides is 1. The van der Waals surface area contributed by atoms with E-state index in [9.17, 15) is 13.2 Å². The molecule has 1 aliphatic rings. The lowest BCUT2D eigenvalue weighted by Gasteiger charge is -2.20. The van der Waals surface area contributed by atoms with Crippen LogP contribution in [-0.2, 0) is 15.4 Å². The first-order valence-corrected chi connectivity index (χ1v) is 10.6. The Morgan fingerprint density at radius 3 is 2.57 bits per heavy atom. The Hall–Kier alpha value is -0.920. The van der Waals surface area contributed by atoms with E-state index in [4.69, 9.17) is 0 Å². The van der Waals surface area contributed by atoms with Gasteiger partial charge >= 0.3 is 0 Å². The average Bonchev–Trinajstić information content (AvgIpc) is 3.02. The monoisotopic (exact) mass is 358 g/mol. The van der Waals surface area contributed by atoms with Gasteiger partial charge in [-0.2, -0.15) is 0 Å². The molecule has 2 rings (SSSR count). The zero-order valence-electron chi connectivity index (χ0n) is 14.2. The van der Waals surface area contributed by atoms with Crippen molar-refractivity contribution in [3.63, 3.8) is 0 Å². The number of thiophene rings is 1. The second-order valence-corrected chi connectivity index (χ2v) is 10.2. The van der Waals surface area contributed by atoms with Crippen molar-refractivity contribution in [3.8, 4) is 0 Å². The van der Waals surface area contributed by atoms with Crippen molar-refractivity contribution in [1.82, 2.24) is 10.0 Å². The van der Waals surface area contributed by atoms with Crippen molar-refractivity contribution in [2.24, 2.45) is 5.92 Å². The smallest absolute Gasteiger partial charge is 0.261 e. The molecular formula is C16H26N2O3S2. The quantitative estimate of drug-likeness (QED) is 0.849. The largest absolute Gasteiger partial charge is 0.351 e. The second kappa shape index (κ2) is 6.91. The summed E-state index contributed by atoms with van der Waals surface area (Å²) in [6.45, 7) is 6.89. The van der Waals surface area contributed by atoms with Crippen LogP contribution in [0.15, 0.2) is 12.1 Å². The first kappa shape index (κ1) is 18.4. The predicted molar refractivity (Wildman–Crippen MR) is 94.5 cm³/mol. The molecule has 130 valence electrons. The van der Waals surface area contributed by atoms with Crippen LogP contribution in [0.5, 0.6) is 0 Å². The summed E-state index contributed by atoms with van der Waals surface area (Å²) >= 11 is 1.52. The van der Waals surface area contributed by atoms with Crippen LogP contribution in [0.2, 0.25) is 0 Å². The highest BCUT2D eigenvalue weighted by molar-refractivity contribution is 7.88. The van der Waals surface area contributed by atoms with Crippen molar-refractivity contribution in [3.05, 3.63) is 21.9 Å². The van der Waals surface area contributed by atoms with Gasteiger partial charge in [-0.15, -0.1) is 11.3 Å². The van der Waals surface area contributed by atoms with E-state index in [2.05, 4.69) is 30.8 Å². The van der Waals surface area contributed by atoms with E-state index >= 15 is 0 Å². The molecule has 0 aromatic carbocycles. The molecule has 0 saturated heterocycles. The Morgan fingerprint density at radius 1 is 1.30 bits per heavy atom. The Bertz CT molecular complexity index is 659. The fourth-order valence-corrected chi connectivity index (χ4v) is 4.73. The SMILES string of the molecule is CC(C)(C)c1ccc(C(=O)NCC2CCCC2NS(C)(=O)=O)s1. The summed E-state index contributed by atoms with van der Waals surface area (Å²) in [5.74, 6) is 0.0891. The molecule has 7 heteroatoms. The summed E-state index contributed by atoms with van der Waals surface area (Å²) in [6, 6.07) is 3.80. The molecule has 1 fully saturated rings. The zero-order valence-corrected chi connectivity index (χ0v) is 15.8. The highest BCUT2D eigenvalue weighted by atomic mass is 32.2. The Morgan fingerprint density at radius 2 is 2.00 bits per heavy atom. The van der Waals surface area contributed by atoms with E-state index in [1.54, 1.807) is 0 Å². The molecule has 2 atom stereocenters. The van der Waals surface area contributed by atoms with Crippen LogP contribution in [0, 0.1) is 5.92 Å². The maximum atomic E-state index is 12.3. The highest BCUT2D eigenvalue weighted by Crippen LogP contribution is 2.30. The number of carbonyl (C=O) groups is 1. The fourth-order valence-electron chi connectivity index (χ4n) is 2.89. The van der Waals surface area contributed by atoms with Crippen molar-refractivity contribution >= 4 is 27.3 Å². The van der Waals surface area contributed by atoms with E-state index in [0.29, 0.717) is 11.4 Å². The molecule has 5 nitrogen and oxygen atoms in total. The highest BCUT2D eigenvalue weighted by Gasteiger charge is 2.29. The van der Waals surface area contributed by atoms with Crippen LogP contribution in [-0.4, -0.2) is 33.2 Å². The van der Waals surface area contributed by atoms with Gasteiger partial charge in [0, 0.05) is 17.5 Å². The molecule has 1 amide bonds. The van der Waals surface area contributed by atoms with Gasteiger partial charge in [-0.1, -0.05) is 27.2 Å². The average molecular weight is 359 g/mol. The Kier molecular flexibility index (Phi) is 5.53. The summed E-state index contributed by atoms with van der Waals surface area (Å²) in [4.78, 5) is 14.2. The number of rotatable bonds is 5. The van der Waals surface area contributed by atoms with E-state index in [1.807, 2.05) is 12.1 Å². The van der Waals surface area contributed by atoms with E-state index < -0.39 is 10.0 Å². The van der Waals surface area contributed by atoms with Crippen molar-refractivity contribution in [2.45, 2.75) is 51.5 Å². The molecule has 0 bridgehead atoms. The molecule has 1 saturated carbocycles. The lowest BCUT2D eigenvalue weighted by Crippen LogP contribution is -2.41. The second-order valence-electron chi connectivity index (χ2n) is 7.31. The number of carbonyl (C=O) groups excluding carboxylic acids is 1. The van der Waals surface area contributed by atoms with Gasteiger partial charge in [0.05, 0.1) is 11.1 Å². The van der Waals surface area contributed by atoms with Crippen LogP contribution < -0.4 is 10.0 Å². The third kappa shape index (κ3) is 5.29. The molecule has 1 aliphatic carbocycles. The van der Waals surface area contributed by atoms with E-state index in [1.165, 1.54) is 22.5 Å². The third-order valence-corrected chi connectivity index (χ3v) is 6.36. The molecule has 0 aliphatic heterocycles. The molecule has 2 N–H and O–H groups in total. The van der Waals surface area contributed by atoms with Gasteiger partial charge in [-0.25, -0.2) is 13.1 Å². The number of sulfonamides is 1. The molecule has 0 radical (unpaired) electrons. The van der Waals surface area contributed by atoms with Gasteiger partial charge in [0.2, 0.25) is 10.0 Å². The lowest BCUT2D eigenvalue weighted by atomic mass is 9.95. The topological polar surface area (TPSA) is 75.3 Å². The first-order chi connectivity index (χ1) is 10.6. The van der Waals surface area contributed by atoms with Gasteiger partial charge < -0.3 is 5.32 Å². The van der Waals surface area contributed by atoms with Gasteiger partial charge in [0.25, 0.3) is 5.91 Å². The summed E-state index contributed by atoms with van der Waals surface area (Å²) in [5.41, 5.74) is 0.0408. The minimum absolute atomic E-state index is 0.0408. The van der Waals surface area contributed by atoms with Crippen molar-refractivity contribution in [1.29, 1.82) is 0 Å².